The summed E-state index contributed by atoms with van der Waals surface area (Å²) < 4.78 is 0.684. The van der Waals surface area contributed by atoms with Gasteiger partial charge in [0.05, 0.1) is 15.9 Å². The van der Waals surface area contributed by atoms with E-state index in [-0.39, 0.29) is 11.7 Å². The Morgan fingerprint density at radius 2 is 2.42 bits per heavy atom. The fraction of sp³-hybridized carbons (Fsp3) is 0.167. The van der Waals surface area contributed by atoms with Crippen LogP contribution in [0.2, 0.25) is 0 Å². The first-order valence-electron chi connectivity index (χ1n) is 3.00. The number of nitro groups is 1. The molecule has 0 atom stereocenters. The van der Waals surface area contributed by atoms with E-state index in [4.69, 9.17) is 11.6 Å². The number of pyridine rings is 1. The molecule has 0 unspecified atom stereocenters. The molecule has 0 saturated carbocycles. The third kappa shape index (κ3) is 1.92. The molecule has 12 heavy (non-hydrogen) atoms. The van der Waals surface area contributed by atoms with Crippen LogP contribution in [0.3, 0.4) is 0 Å². The van der Waals surface area contributed by atoms with Crippen molar-refractivity contribution in [2.75, 3.05) is 0 Å². The van der Waals surface area contributed by atoms with Crippen molar-refractivity contribution < 1.29 is 4.92 Å². The van der Waals surface area contributed by atoms with Crippen LogP contribution in [0.5, 0.6) is 0 Å². The first-order chi connectivity index (χ1) is 5.65. The molecule has 0 spiro atoms. The van der Waals surface area contributed by atoms with Gasteiger partial charge in [-0.2, -0.15) is 0 Å². The molecule has 0 fully saturated rings. The molecule has 1 aromatic heterocycles. The van der Waals surface area contributed by atoms with Crippen molar-refractivity contribution in [2.45, 2.75) is 5.88 Å². The minimum absolute atomic E-state index is 0.0861. The van der Waals surface area contributed by atoms with Gasteiger partial charge in [-0.15, -0.1) is 11.6 Å². The molecular formula is C6H4BrClN2O2. The molecule has 64 valence electrons. The summed E-state index contributed by atoms with van der Waals surface area (Å²) in [5.41, 5.74) is 0.413. The number of aromatic nitrogens is 1. The third-order valence-electron chi connectivity index (χ3n) is 1.23. The van der Waals surface area contributed by atoms with E-state index >= 15 is 0 Å². The summed E-state index contributed by atoms with van der Waals surface area (Å²) in [6, 6.07) is 1.58. The lowest BCUT2D eigenvalue weighted by Crippen LogP contribution is -1.96. The smallest absolute Gasteiger partial charge is 0.358 e. The Balaban J connectivity index is 3.20. The predicted molar refractivity (Wildman–Crippen MR) is 48.1 cm³/mol. The molecule has 1 rings (SSSR count). The Hall–Kier alpha value is -0.680. The number of hydrogen-bond acceptors (Lipinski definition) is 3. The molecule has 1 aromatic rings. The fourth-order valence-electron chi connectivity index (χ4n) is 0.737. The average Bonchev–Trinajstić information content (AvgIpc) is 2.03. The summed E-state index contributed by atoms with van der Waals surface area (Å²) >= 11 is 8.63. The predicted octanol–water partition coefficient (Wildman–Crippen LogP) is 2.49. The molecule has 0 bridgehead atoms. The van der Waals surface area contributed by atoms with Crippen LogP contribution in [0.15, 0.2) is 16.7 Å². The van der Waals surface area contributed by atoms with Gasteiger partial charge in [-0.25, -0.2) is 0 Å². The second-order valence-corrected chi connectivity index (χ2v) is 3.21. The third-order valence-corrected chi connectivity index (χ3v) is 1.95. The second kappa shape index (κ2) is 3.82. The standard InChI is InChI=1S/C6H4BrClN2O2/c7-5-1-4(2-8)6(9-3-5)10(11)12/h1,3H,2H2. The lowest BCUT2D eigenvalue weighted by Gasteiger charge is -1.97. The highest BCUT2D eigenvalue weighted by molar-refractivity contribution is 9.10. The molecule has 1 heterocycles. The largest absolute Gasteiger partial charge is 0.367 e. The van der Waals surface area contributed by atoms with Gasteiger partial charge in [0, 0.05) is 0 Å². The maximum Gasteiger partial charge on any atom is 0.367 e. The van der Waals surface area contributed by atoms with Crippen LogP contribution in [-0.2, 0) is 5.88 Å². The Morgan fingerprint density at radius 3 is 2.92 bits per heavy atom. The molecule has 0 aromatic carbocycles. The van der Waals surface area contributed by atoms with Crippen molar-refractivity contribution in [3.8, 4) is 0 Å². The first kappa shape index (κ1) is 9.41. The van der Waals surface area contributed by atoms with Crippen LogP contribution in [0.4, 0.5) is 5.82 Å². The number of alkyl halides is 1. The second-order valence-electron chi connectivity index (χ2n) is 2.03. The van der Waals surface area contributed by atoms with E-state index in [0.717, 1.165) is 0 Å². The van der Waals surface area contributed by atoms with Gasteiger partial charge >= 0.3 is 5.82 Å². The molecule has 0 aliphatic rings. The summed E-state index contributed by atoms with van der Waals surface area (Å²) in [6.07, 6.45) is 1.37. The minimum Gasteiger partial charge on any atom is -0.358 e. The Labute approximate surface area is 81.8 Å². The number of hydrogen-bond donors (Lipinski definition) is 0. The van der Waals surface area contributed by atoms with Gasteiger partial charge in [0.2, 0.25) is 0 Å². The van der Waals surface area contributed by atoms with Gasteiger partial charge in [-0.1, -0.05) is 0 Å². The van der Waals surface area contributed by atoms with E-state index in [1.807, 2.05) is 0 Å². The molecule has 0 aliphatic carbocycles. The Bertz CT molecular complexity index is 318. The average molecular weight is 251 g/mol. The minimum atomic E-state index is -0.551. The molecular weight excluding hydrogens is 247 g/mol. The zero-order valence-electron chi connectivity index (χ0n) is 5.83. The normalized spacial score (nSPS) is 9.83. The van der Waals surface area contributed by atoms with Crippen LogP contribution in [-0.4, -0.2) is 9.91 Å². The highest BCUT2D eigenvalue weighted by Gasteiger charge is 2.14. The zero-order valence-corrected chi connectivity index (χ0v) is 8.17. The maximum absolute atomic E-state index is 10.4. The van der Waals surface area contributed by atoms with E-state index in [0.29, 0.717) is 10.0 Å². The van der Waals surface area contributed by atoms with Crippen molar-refractivity contribution >= 4 is 33.3 Å². The molecule has 6 heteroatoms. The van der Waals surface area contributed by atoms with Crippen LogP contribution in [0.1, 0.15) is 5.56 Å². The van der Waals surface area contributed by atoms with Crippen LogP contribution >= 0.6 is 27.5 Å². The van der Waals surface area contributed by atoms with Gasteiger partial charge < -0.3 is 10.1 Å². The monoisotopic (exact) mass is 250 g/mol. The van der Waals surface area contributed by atoms with Crippen molar-refractivity contribution in [1.82, 2.24) is 4.98 Å². The molecule has 0 radical (unpaired) electrons. The summed E-state index contributed by atoms with van der Waals surface area (Å²) in [7, 11) is 0. The first-order valence-corrected chi connectivity index (χ1v) is 4.32. The molecule has 0 aliphatic heterocycles. The molecule has 4 nitrogen and oxygen atoms in total. The SMILES string of the molecule is O=[N+]([O-])c1ncc(Br)cc1CCl. The summed E-state index contributed by atoms with van der Waals surface area (Å²) in [5.74, 6) is -0.101. The Kier molecular flexibility index (Phi) is 2.99. The topological polar surface area (TPSA) is 56.0 Å². The summed E-state index contributed by atoms with van der Waals surface area (Å²) in [6.45, 7) is 0. The Morgan fingerprint density at radius 1 is 1.75 bits per heavy atom. The van der Waals surface area contributed by atoms with Crippen LogP contribution in [0.25, 0.3) is 0 Å². The molecule has 0 saturated heterocycles. The van der Waals surface area contributed by atoms with Gasteiger partial charge in [-0.05, 0) is 31.9 Å². The summed E-state index contributed by atoms with van der Waals surface area (Å²) in [4.78, 5) is 13.4. The van der Waals surface area contributed by atoms with E-state index < -0.39 is 4.92 Å². The van der Waals surface area contributed by atoms with Crippen LogP contribution < -0.4 is 0 Å². The lowest BCUT2D eigenvalue weighted by molar-refractivity contribution is -0.390. The maximum atomic E-state index is 10.4. The number of rotatable bonds is 2. The van der Waals surface area contributed by atoms with E-state index in [1.165, 1.54) is 6.20 Å². The van der Waals surface area contributed by atoms with Gasteiger partial charge in [0.15, 0.2) is 6.20 Å². The highest BCUT2D eigenvalue weighted by atomic mass is 79.9. The van der Waals surface area contributed by atoms with Crippen molar-refractivity contribution in [3.05, 3.63) is 32.4 Å². The van der Waals surface area contributed by atoms with Crippen LogP contribution in [0, 0.1) is 10.1 Å². The molecule has 0 N–H and O–H groups in total. The van der Waals surface area contributed by atoms with Gasteiger partial charge in [0.25, 0.3) is 0 Å². The quantitative estimate of drug-likeness (QED) is 0.461. The number of halogens is 2. The van der Waals surface area contributed by atoms with E-state index in [9.17, 15) is 10.1 Å². The zero-order chi connectivity index (χ0) is 9.14. The van der Waals surface area contributed by atoms with Crippen molar-refractivity contribution in [1.29, 1.82) is 0 Å². The lowest BCUT2D eigenvalue weighted by atomic mass is 10.3. The molecule has 0 amide bonds. The van der Waals surface area contributed by atoms with E-state index in [1.54, 1.807) is 6.07 Å². The number of nitrogens with zero attached hydrogens (tertiary/aromatic N) is 2. The highest BCUT2D eigenvalue weighted by Crippen LogP contribution is 2.20. The van der Waals surface area contributed by atoms with Gasteiger partial charge in [0.1, 0.15) is 0 Å². The van der Waals surface area contributed by atoms with Gasteiger partial charge in [-0.3, -0.25) is 0 Å². The summed E-state index contributed by atoms with van der Waals surface area (Å²) in [5, 5.41) is 10.4. The van der Waals surface area contributed by atoms with Crippen molar-refractivity contribution in [3.63, 3.8) is 0 Å². The van der Waals surface area contributed by atoms with Crippen molar-refractivity contribution in [2.24, 2.45) is 0 Å². The van der Waals surface area contributed by atoms with E-state index in [2.05, 4.69) is 20.9 Å². The fourth-order valence-corrected chi connectivity index (χ4v) is 1.31.